The van der Waals surface area contributed by atoms with E-state index in [1.807, 2.05) is 12.1 Å². The fourth-order valence-corrected chi connectivity index (χ4v) is 7.50. The van der Waals surface area contributed by atoms with Gasteiger partial charge in [0.25, 0.3) is 0 Å². The van der Waals surface area contributed by atoms with Gasteiger partial charge in [-0.2, -0.15) is 0 Å². The van der Waals surface area contributed by atoms with Gasteiger partial charge in [-0.25, -0.2) is 0 Å². The lowest BCUT2D eigenvalue weighted by atomic mass is 10.0. The number of nitrogens with zero attached hydrogens (tertiary/aromatic N) is 1. The molecule has 10 rings (SSSR count). The number of anilines is 3. The van der Waals surface area contributed by atoms with Gasteiger partial charge in [0.1, 0.15) is 11.2 Å². The second-order valence-electron chi connectivity index (χ2n) is 13.1. The molecule has 10 aromatic rings. The van der Waals surface area contributed by atoms with Crippen molar-refractivity contribution in [2.45, 2.75) is 0 Å². The average molecular weight is 653 g/mol. The molecule has 8 aromatic carbocycles. The van der Waals surface area contributed by atoms with Gasteiger partial charge in [0.05, 0.1) is 5.52 Å². The van der Waals surface area contributed by atoms with Gasteiger partial charge in [0.2, 0.25) is 0 Å². The van der Waals surface area contributed by atoms with Crippen LogP contribution in [0.1, 0.15) is 0 Å². The van der Waals surface area contributed by atoms with Gasteiger partial charge in [0, 0.05) is 49.7 Å². The van der Waals surface area contributed by atoms with Crippen molar-refractivity contribution in [3.8, 4) is 33.4 Å². The minimum absolute atomic E-state index is 0.899. The number of aromatic amines is 1. The molecule has 240 valence electrons. The molecule has 0 saturated carbocycles. The van der Waals surface area contributed by atoms with Gasteiger partial charge < -0.3 is 14.3 Å². The molecule has 0 aliphatic carbocycles. The van der Waals surface area contributed by atoms with Crippen molar-refractivity contribution in [1.82, 2.24) is 4.98 Å². The van der Waals surface area contributed by atoms with Crippen LogP contribution in [0, 0.1) is 0 Å². The molecule has 0 saturated heterocycles. The van der Waals surface area contributed by atoms with Gasteiger partial charge >= 0.3 is 0 Å². The summed E-state index contributed by atoms with van der Waals surface area (Å²) in [5.41, 5.74) is 14.4. The molecule has 0 bridgehead atoms. The third kappa shape index (κ3) is 5.06. The highest BCUT2D eigenvalue weighted by molar-refractivity contribution is 6.14. The highest BCUT2D eigenvalue weighted by Gasteiger charge is 2.17. The number of fused-ring (bicyclic) bond motifs is 6. The maximum atomic E-state index is 6.26. The fraction of sp³-hybridized carbons (Fsp3) is 0. The van der Waals surface area contributed by atoms with Crippen LogP contribution >= 0.6 is 0 Å². The SMILES string of the molecule is c1ccc(-c2ccc(N(c3ccc(-c4ccccc4)cc3)c3ccc4[nH]c5c(-c6ccc7c(c6)oc6ccccc67)cccc5c4c3)cc2)cc1. The van der Waals surface area contributed by atoms with Gasteiger partial charge in [-0.3, -0.25) is 0 Å². The smallest absolute Gasteiger partial charge is 0.136 e. The van der Waals surface area contributed by atoms with Crippen LogP contribution in [0.5, 0.6) is 0 Å². The summed E-state index contributed by atoms with van der Waals surface area (Å²) < 4.78 is 6.26. The van der Waals surface area contributed by atoms with E-state index in [0.29, 0.717) is 0 Å². The van der Waals surface area contributed by atoms with Crippen LogP contribution in [-0.2, 0) is 0 Å². The van der Waals surface area contributed by atoms with Crippen LogP contribution in [0.2, 0.25) is 0 Å². The topological polar surface area (TPSA) is 32.2 Å². The van der Waals surface area contributed by atoms with Crippen molar-refractivity contribution in [3.05, 3.63) is 188 Å². The molecule has 1 N–H and O–H groups in total. The molecule has 0 atom stereocenters. The number of aromatic nitrogens is 1. The van der Waals surface area contributed by atoms with Crippen LogP contribution in [0.25, 0.3) is 77.1 Å². The zero-order chi connectivity index (χ0) is 33.7. The van der Waals surface area contributed by atoms with Crippen LogP contribution in [0.4, 0.5) is 17.1 Å². The zero-order valence-electron chi connectivity index (χ0n) is 27.8. The van der Waals surface area contributed by atoms with Crippen molar-refractivity contribution >= 4 is 60.8 Å². The van der Waals surface area contributed by atoms with Crippen molar-refractivity contribution in [2.75, 3.05) is 4.90 Å². The zero-order valence-corrected chi connectivity index (χ0v) is 27.8. The Morgan fingerprint density at radius 3 is 1.59 bits per heavy atom. The molecule has 0 unspecified atom stereocenters. The van der Waals surface area contributed by atoms with E-state index in [-0.39, 0.29) is 0 Å². The Morgan fingerprint density at radius 2 is 0.902 bits per heavy atom. The van der Waals surface area contributed by atoms with Crippen LogP contribution in [0.15, 0.2) is 192 Å². The predicted molar refractivity (Wildman–Crippen MR) is 214 cm³/mol. The molecular formula is C48H32N2O. The molecule has 0 amide bonds. The maximum Gasteiger partial charge on any atom is 0.136 e. The van der Waals surface area contributed by atoms with E-state index in [1.165, 1.54) is 33.0 Å². The van der Waals surface area contributed by atoms with Crippen LogP contribution in [0.3, 0.4) is 0 Å². The summed E-state index contributed by atoms with van der Waals surface area (Å²) in [5, 5.41) is 4.65. The Bertz CT molecular complexity index is 2750. The number of hydrogen-bond donors (Lipinski definition) is 1. The van der Waals surface area contributed by atoms with E-state index in [4.69, 9.17) is 4.42 Å². The maximum absolute atomic E-state index is 6.26. The molecule has 51 heavy (non-hydrogen) atoms. The Labute approximate surface area is 295 Å². The van der Waals surface area contributed by atoms with E-state index in [1.54, 1.807) is 0 Å². The standard InChI is InChI=1S/C48H32N2O/c1-3-10-32(11-4-1)34-18-23-37(24-19-34)50(38-25-20-35(21-26-38)33-12-5-2-6-13-33)39-27-29-45-44(31-39)43-16-9-15-40(48(43)49-45)36-22-28-42-41-14-7-8-17-46(41)51-47(42)30-36/h1-31,49H. The first-order chi connectivity index (χ1) is 25.3. The van der Waals surface area contributed by atoms with Gasteiger partial charge in [-0.1, -0.05) is 127 Å². The Kier molecular flexibility index (Phi) is 6.81. The summed E-state index contributed by atoms with van der Waals surface area (Å²) in [4.78, 5) is 6.12. The number of para-hydroxylation sites is 2. The minimum atomic E-state index is 0.899. The third-order valence-electron chi connectivity index (χ3n) is 10.0. The Balaban J connectivity index is 1.09. The second kappa shape index (κ2) is 11.9. The first-order valence-electron chi connectivity index (χ1n) is 17.3. The Morgan fingerprint density at radius 1 is 0.353 bits per heavy atom. The van der Waals surface area contributed by atoms with Crippen molar-refractivity contribution in [2.24, 2.45) is 0 Å². The van der Waals surface area contributed by atoms with Gasteiger partial charge in [0.15, 0.2) is 0 Å². The second-order valence-corrected chi connectivity index (χ2v) is 13.1. The number of H-pyrrole nitrogens is 1. The van der Waals surface area contributed by atoms with Crippen molar-refractivity contribution in [1.29, 1.82) is 0 Å². The molecule has 0 spiro atoms. The summed E-state index contributed by atoms with van der Waals surface area (Å²) in [6, 6.07) is 66.9. The molecule has 0 aliphatic rings. The van der Waals surface area contributed by atoms with Crippen molar-refractivity contribution < 1.29 is 4.42 Å². The summed E-state index contributed by atoms with van der Waals surface area (Å²) in [6.45, 7) is 0. The number of furan rings is 1. The monoisotopic (exact) mass is 652 g/mol. The lowest BCUT2D eigenvalue weighted by molar-refractivity contribution is 0.669. The van der Waals surface area contributed by atoms with E-state index < -0.39 is 0 Å². The molecule has 3 heteroatoms. The van der Waals surface area contributed by atoms with E-state index in [0.717, 1.165) is 61.2 Å². The first kappa shape index (κ1) is 29.1. The summed E-state index contributed by atoms with van der Waals surface area (Å²) >= 11 is 0. The largest absolute Gasteiger partial charge is 0.456 e. The van der Waals surface area contributed by atoms with E-state index in [9.17, 15) is 0 Å². The van der Waals surface area contributed by atoms with Crippen LogP contribution < -0.4 is 4.90 Å². The molecule has 0 aliphatic heterocycles. The van der Waals surface area contributed by atoms with E-state index >= 15 is 0 Å². The number of nitrogens with one attached hydrogen (secondary N) is 1. The molecule has 2 aromatic heterocycles. The third-order valence-corrected chi connectivity index (χ3v) is 10.0. The minimum Gasteiger partial charge on any atom is -0.456 e. The van der Waals surface area contributed by atoms with Crippen molar-refractivity contribution in [3.63, 3.8) is 0 Å². The first-order valence-corrected chi connectivity index (χ1v) is 17.3. The fourth-order valence-electron chi connectivity index (χ4n) is 7.50. The lowest BCUT2D eigenvalue weighted by Crippen LogP contribution is -2.09. The van der Waals surface area contributed by atoms with Crippen LogP contribution in [-0.4, -0.2) is 4.98 Å². The number of benzene rings is 8. The number of rotatable bonds is 6. The molecule has 0 radical (unpaired) electrons. The Hall–Kier alpha value is -6.84. The molecular weight excluding hydrogens is 621 g/mol. The summed E-state index contributed by atoms with van der Waals surface area (Å²) in [5.74, 6) is 0. The highest BCUT2D eigenvalue weighted by atomic mass is 16.3. The number of hydrogen-bond acceptors (Lipinski definition) is 2. The highest BCUT2D eigenvalue weighted by Crippen LogP contribution is 2.41. The lowest BCUT2D eigenvalue weighted by Gasteiger charge is -2.26. The predicted octanol–water partition coefficient (Wildman–Crippen LogP) is 13.7. The summed E-state index contributed by atoms with van der Waals surface area (Å²) in [7, 11) is 0. The average Bonchev–Trinajstić information content (AvgIpc) is 3.77. The van der Waals surface area contributed by atoms with Gasteiger partial charge in [-0.15, -0.1) is 0 Å². The summed E-state index contributed by atoms with van der Waals surface area (Å²) in [6.07, 6.45) is 0. The molecule has 0 fully saturated rings. The van der Waals surface area contributed by atoms with Gasteiger partial charge in [-0.05, 0) is 88.5 Å². The molecule has 2 heterocycles. The normalized spacial score (nSPS) is 11.5. The molecule has 3 nitrogen and oxygen atoms in total. The van der Waals surface area contributed by atoms with E-state index in [2.05, 4.69) is 186 Å². The quantitative estimate of drug-likeness (QED) is 0.194.